The van der Waals surface area contributed by atoms with E-state index in [0.29, 0.717) is 5.92 Å². The lowest BCUT2D eigenvalue weighted by Crippen LogP contribution is -2.22. The second-order valence-electron chi connectivity index (χ2n) is 5.23. The predicted octanol–water partition coefficient (Wildman–Crippen LogP) is 3.28. The van der Waals surface area contributed by atoms with Crippen molar-refractivity contribution in [3.8, 4) is 5.75 Å². The van der Waals surface area contributed by atoms with Crippen LogP contribution < -0.4 is 10.1 Å². The Balaban J connectivity index is 2.40. The van der Waals surface area contributed by atoms with Gasteiger partial charge in [0.2, 0.25) is 0 Å². The molecule has 3 nitrogen and oxygen atoms in total. The molecule has 20 heavy (non-hydrogen) atoms. The Morgan fingerprint density at radius 1 is 1.25 bits per heavy atom. The Bertz CT molecular complexity index is 355. The van der Waals surface area contributed by atoms with Crippen molar-refractivity contribution in [2.75, 3.05) is 33.9 Å². The first-order valence-electron chi connectivity index (χ1n) is 7.65. The SMILES string of the molecule is CCCCOCCC(CNC)Cc1cccc(OC)c1. The second kappa shape index (κ2) is 10.7. The number of unbranched alkanes of at least 4 members (excludes halogenated alkanes) is 1. The number of hydrogen-bond donors (Lipinski definition) is 1. The van der Waals surface area contributed by atoms with Crippen LogP contribution in [0.25, 0.3) is 0 Å². The summed E-state index contributed by atoms with van der Waals surface area (Å²) in [6.07, 6.45) is 4.52. The molecule has 0 saturated heterocycles. The first-order chi connectivity index (χ1) is 9.80. The minimum Gasteiger partial charge on any atom is -0.497 e. The maximum absolute atomic E-state index is 5.68. The second-order valence-corrected chi connectivity index (χ2v) is 5.23. The molecule has 0 aromatic heterocycles. The van der Waals surface area contributed by atoms with Gasteiger partial charge < -0.3 is 14.8 Å². The fourth-order valence-electron chi connectivity index (χ4n) is 2.30. The molecular weight excluding hydrogens is 250 g/mol. The molecule has 0 aliphatic heterocycles. The third-order valence-corrected chi connectivity index (χ3v) is 3.46. The topological polar surface area (TPSA) is 30.5 Å². The molecular formula is C17H29NO2. The van der Waals surface area contributed by atoms with E-state index in [1.165, 1.54) is 12.0 Å². The maximum Gasteiger partial charge on any atom is 0.119 e. The van der Waals surface area contributed by atoms with E-state index in [9.17, 15) is 0 Å². The third kappa shape index (κ3) is 6.92. The highest BCUT2D eigenvalue weighted by Crippen LogP contribution is 2.17. The van der Waals surface area contributed by atoms with E-state index in [2.05, 4.69) is 30.4 Å². The highest BCUT2D eigenvalue weighted by molar-refractivity contribution is 5.28. The fraction of sp³-hybridized carbons (Fsp3) is 0.647. The number of nitrogens with one attached hydrogen (secondary N) is 1. The standard InChI is InChI=1S/C17H29NO2/c1-4-5-10-20-11-9-16(14-18-2)12-15-7-6-8-17(13-15)19-3/h6-8,13,16,18H,4-5,9-12,14H2,1-3H3. The van der Waals surface area contributed by atoms with Crippen LogP contribution in [0.15, 0.2) is 24.3 Å². The summed E-state index contributed by atoms with van der Waals surface area (Å²) in [5.74, 6) is 1.54. The molecule has 1 aromatic carbocycles. The van der Waals surface area contributed by atoms with E-state index in [4.69, 9.17) is 9.47 Å². The van der Waals surface area contributed by atoms with Crippen molar-refractivity contribution in [1.29, 1.82) is 0 Å². The van der Waals surface area contributed by atoms with Crippen molar-refractivity contribution in [3.63, 3.8) is 0 Å². The molecule has 0 heterocycles. The molecule has 0 saturated carbocycles. The van der Waals surface area contributed by atoms with Gasteiger partial charge in [0.05, 0.1) is 7.11 Å². The van der Waals surface area contributed by atoms with Crippen molar-refractivity contribution in [3.05, 3.63) is 29.8 Å². The maximum atomic E-state index is 5.68. The van der Waals surface area contributed by atoms with Crippen molar-refractivity contribution in [2.45, 2.75) is 32.6 Å². The van der Waals surface area contributed by atoms with Gasteiger partial charge in [-0.15, -0.1) is 0 Å². The van der Waals surface area contributed by atoms with Gasteiger partial charge in [0, 0.05) is 13.2 Å². The molecule has 0 amide bonds. The molecule has 1 atom stereocenters. The average molecular weight is 279 g/mol. The highest BCUT2D eigenvalue weighted by Gasteiger charge is 2.09. The zero-order chi connectivity index (χ0) is 14.6. The molecule has 3 heteroatoms. The van der Waals surface area contributed by atoms with E-state index in [1.807, 2.05) is 13.1 Å². The zero-order valence-electron chi connectivity index (χ0n) is 13.2. The molecule has 0 fully saturated rings. The van der Waals surface area contributed by atoms with Gasteiger partial charge in [-0.1, -0.05) is 25.5 Å². The first-order valence-corrected chi connectivity index (χ1v) is 7.65. The van der Waals surface area contributed by atoms with Crippen LogP contribution in [0, 0.1) is 5.92 Å². The summed E-state index contributed by atoms with van der Waals surface area (Å²) in [6, 6.07) is 8.34. The number of methoxy groups -OCH3 is 1. The van der Waals surface area contributed by atoms with Gasteiger partial charge in [0.1, 0.15) is 5.75 Å². The van der Waals surface area contributed by atoms with Gasteiger partial charge in [0.15, 0.2) is 0 Å². The predicted molar refractivity (Wildman–Crippen MR) is 84.5 cm³/mol. The van der Waals surface area contributed by atoms with Crippen molar-refractivity contribution in [2.24, 2.45) is 5.92 Å². The summed E-state index contributed by atoms with van der Waals surface area (Å²) in [5, 5.41) is 3.28. The van der Waals surface area contributed by atoms with E-state index >= 15 is 0 Å². The minimum atomic E-state index is 0.605. The van der Waals surface area contributed by atoms with Gasteiger partial charge in [-0.05, 0) is 56.5 Å². The summed E-state index contributed by atoms with van der Waals surface area (Å²) in [7, 11) is 3.72. The number of ether oxygens (including phenoxy) is 2. The number of hydrogen-bond acceptors (Lipinski definition) is 3. The Morgan fingerprint density at radius 2 is 2.10 bits per heavy atom. The quantitative estimate of drug-likeness (QED) is 0.631. The summed E-state index contributed by atoms with van der Waals surface area (Å²) in [4.78, 5) is 0. The monoisotopic (exact) mass is 279 g/mol. The van der Waals surface area contributed by atoms with Crippen LogP contribution in [0.2, 0.25) is 0 Å². The molecule has 1 unspecified atom stereocenters. The van der Waals surface area contributed by atoms with E-state index in [1.54, 1.807) is 7.11 Å². The summed E-state index contributed by atoms with van der Waals surface area (Å²) in [5.41, 5.74) is 1.33. The van der Waals surface area contributed by atoms with Crippen molar-refractivity contribution in [1.82, 2.24) is 5.32 Å². The van der Waals surface area contributed by atoms with Crippen LogP contribution in [0.5, 0.6) is 5.75 Å². The molecule has 1 rings (SSSR count). The van der Waals surface area contributed by atoms with Crippen LogP contribution in [0.4, 0.5) is 0 Å². The van der Waals surface area contributed by atoms with Crippen LogP contribution >= 0.6 is 0 Å². The molecule has 0 aliphatic carbocycles. The van der Waals surface area contributed by atoms with Gasteiger partial charge in [-0.25, -0.2) is 0 Å². The molecule has 1 N–H and O–H groups in total. The van der Waals surface area contributed by atoms with Gasteiger partial charge >= 0.3 is 0 Å². The lowest BCUT2D eigenvalue weighted by atomic mass is 9.96. The molecule has 0 bridgehead atoms. The largest absolute Gasteiger partial charge is 0.497 e. The first kappa shape index (κ1) is 17.0. The fourth-order valence-corrected chi connectivity index (χ4v) is 2.30. The minimum absolute atomic E-state index is 0.605. The van der Waals surface area contributed by atoms with Gasteiger partial charge in [-0.2, -0.15) is 0 Å². The number of rotatable bonds is 11. The number of benzene rings is 1. The van der Waals surface area contributed by atoms with Crippen LogP contribution in [0.1, 0.15) is 31.7 Å². The molecule has 0 radical (unpaired) electrons. The summed E-state index contributed by atoms with van der Waals surface area (Å²) in [6.45, 7) is 4.96. The summed E-state index contributed by atoms with van der Waals surface area (Å²) < 4.78 is 11.0. The van der Waals surface area contributed by atoms with E-state index in [-0.39, 0.29) is 0 Å². The van der Waals surface area contributed by atoms with E-state index < -0.39 is 0 Å². The van der Waals surface area contributed by atoms with Crippen molar-refractivity contribution >= 4 is 0 Å². The normalized spacial score (nSPS) is 12.3. The molecule has 1 aromatic rings. The van der Waals surface area contributed by atoms with E-state index in [0.717, 1.165) is 44.8 Å². The molecule has 114 valence electrons. The van der Waals surface area contributed by atoms with Gasteiger partial charge in [-0.3, -0.25) is 0 Å². The Hall–Kier alpha value is -1.06. The smallest absolute Gasteiger partial charge is 0.119 e. The lowest BCUT2D eigenvalue weighted by Gasteiger charge is -2.17. The Morgan fingerprint density at radius 3 is 2.80 bits per heavy atom. The Labute approximate surface area is 123 Å². The molecule has 0 aliphatic rings. The third-order valence-electron chi connectivity index (χ3n) is 3.46. The van der Waals surface area contributed by atoms with Crippen molar-refractivity contribution < 1.29 is 9.47 Å². The van der Waals surface area contributed by atoms with Crippen LogP contribution in [-0.4, -0.2) is 33.9 Å². The van der Waals surface area contributed by atoms with Gasteiger partial charge in [0.25, 0.3) is 0 Å². The summed E-state index contributed by atoms with van der Waals surface area (Å²) >= 11 is 0. The molecule has 0 spiro atoms. The van der Waals surface area contributed by atoms with Crippen LogP contribution in [-0.2, 0) is 11.2 Å². The lowest BCUT2D eigenvalue weighted by molar-refractivity contribution is 0.117. The average Bonchev–Trinajstić information content (AvgIpc) is 2.47. The Kier molecular flexibility index (Phi) is 9.09. The zero-order valence-corrected chi connectivity index (χ0v) is 13.2. The van der Waals surface area contributed by atoms with Crippen LogP contribution in [0.3, 0.4) is 0 Å². The highest BCUT2D eigenvalue weighted by atomic mass is 16.5.